The number of ether oxygens (including phenoxy) is 1. The van der Waals surface area contributed by atoms with Crippen LogP contribution in [-0.2, 0) is 9.53 Å². The Hall–Kier alpha value is -0.500. The van der Waals surface area contributed by atoms with E-state index in [2.05, 4.69) is 10.2 Å². The Morgan fingerprint density at radius 1 is 1.44 bits per heavy atom. The third-order valence-electron chi connectivity index (χ3n) is 4.16. The molecule has 0 bridgehead atoms. The topological polar surface area (TPSA) is 67.6 Å². The molecule has 1 aliphatic heterocycles. The summed E-state index contributed by atoms with van der Waals surface area (Å²) in [6.07, 6.45) is 2.70. The molecule has 1 saturated heterocycles. The molecule has 2 atom stereocenters. The van der Waals surface area contributed by atoms with E-state index in [9.17, 15) is 4.79 Å². The molecule has 0 spiro atoms. The van der Waals surface area contributed by atoms with Crippen molar-refractivity contribution in [1.29, 1.82) is 0 Å². The van der Waals surface area contributed by atoms with E-state index in [0.717, 1.165) is 24.4 Å². The van der Waals surface area contributed by atoms with Crippen LogP contribution in [0.4, 0.5) is 0 Å². The zero-order valence-electron chi connectivity index (χ0n) is 14.4. The highest BCUT2D eigenvalue weighted by Crippen LogP contribution is 2.24. The van der Waals surface area contributed by atoms with E-state index >= 15 is 0 Å². The number of thioether (sulfide) groups is 1. The average Bonchev–Trinajstić information content (AvgIpc) is 2.60. The number of rotatable bonds is 8. The number of benzene rings is 1. The predicted molar refractivity (Wildman–Crippen MR) is 108 cm³/mol. The maximum Gasteiger partial charge on any atom is 0.237 e. The molecule has 0 radical (unpaired) electrons. The standard InChI is InChI=1S/C17H26ClN3O2S.ClH/c1-24-10-5-15(19)17(22)20-12-16(21-6-8-23-9-7-21)13-3-2-4-14(18)11-13;/h2-4,11,15-16H,5-10,12,19H2,1H3,(H,20,22);1H/t15-,16?;/m0./s1. The van der Waals surface area contributed by atoms with Crippen LogP contribution < -0.4 is 11.1 Å². The molecule has 1 aromatic rings. The molecular formula is C17H27Cl2N3O2S. The van der Waals surface area contributed by atoms with Crippen LogP contribution in [-0.4, -0.2) is 61.7 Å². The van der Waals surface area contributed by atoms with Crippen molar-refractivity contribution in [3.8, 4) is 0 Å². The van der Waals surface area contributed by atoms with Gasteiger partial charge < -0.3 is 15.8 Å². The molecule has 1 aliphatic rings. The summed E-state index contributed by atoms with van der Waals surface area (Å²) in [6, 6.07) is 7.43. The normalized spacial score (nSPS) is 17.4. The van der Waals surface area contributed by atoms with Crippen LogP contribution in [0.3, 0.4) is 0 Å². The lowest BCUT2D eigenvalue weighted by Crippen LogP contribution is -2.47. The molecule has 5 nitrogen and oxygen atoms in total. The molecule has 25 heavy (non-hydrogen) atoms. The van der Waals surface area contributed by atoms with Gasteiger partial charge in [-0.3, -0.25) is 9.69 Å². The lowest BCUT2D eigenvalue weighted by molar-refractivity contribution is -0.122. The van der Waals surface area contributed by atoms with E-state index in [-0.39, 0.29) is 24.4 Å². The first-order chi connectivity index (χ1) is 11.6. The van der Waals surface area contributed by atoms with Gasteiger partial charge in [-0.2, -0.15) is 11.8 Å². The quantitative estimate of drug-likeness (QED) is 0.691. The second-order valence-electron chi connectivity index (χ2n) is 5.85. The second kappa shape index (κ2) is 12.0. The molecule has 8 heteroatoms. The third-order valence-corrected chi connectivity index (χ3v) is 5.04. The van der Waals surface area contributed by atoms with Gasteiger partial charge in [0.15, 0.2) is 0 Å². The molecule has 142 valence electrons. The predicted octanol–water partition coefficient (Wildman–Crippen LogP) is 2.33. The maximum absolute atomic E-state index is 12.2. The van der Waals surface area contributed by atoms with Crippen molar-refractivity contribution in [2.75, 3.05) is 44.9 Å². The van der Waals surface area contributed by atoms with Crippen LogP contribution in [0.15, 0.2) is 24.3 Å². The molecule has 2 rings (SSSR count). The lowest BCUT2D eigenvalue weighted by Gasteiger charge is -2.35. The summed E-state index contributed by atoms with van der Waals surface area (Å²) in [5.74, 6) is 0.791. The average molecular weight is 408 g/mol. The summed E-state index contributed by atoms with van der Waals surface area (Å²) >= 11 is 7.84. The zero-order chi connectivity index (χ0) is 17.4. The van der Waals surface area contributed by atoms with Crippen molar-refractivity contribution < 1.29 is 9.53 Å². The van der Waals surface area contributed by atoms with Crippen molar-refractivity contribution >= 4 is 41.7 Å². The summed E-state index contributed by atoms with van der Waals surface area (Å²) in [6.45, 7) is 3.61. The van der Waals surface area contributed by atoms with Gasteiger partial charge in [0.1, 0.15) is 0 Å². The van der Waals surface area contributed by atoms with E-state index in [1.165, 1.54) is 0 Å². The van der Waals surface area contributed by atoms with Gasteiger partial charge in [0.25, 0.3) is 0 Å². The number of hydrogen-bond acceptors (Lipinski definition) is 5. The van der Waals surface area contributed by atoms with Crippen LogP contribution in [0.25, 0.3) is 0 Å². The number of nitrogens with one attached hydrogen (secondary N) is 1. The minimum absolute atomic E-state index is 0. The van der Waals surface area contributed by atoms with Gasteiger partial charge in [-0.25, -0.2) is 0 Å². The number of hydrogen-bond donors (Lipinski definition) is 2. The van der Waals surface area contributed by atoms with Gasteiger partial charge in [0.05, 0.1) is 25.3 Å². The van der Waals surface area contributed by atoms with E-state index in [1.54, 1.807) is 11.8 Å². The first-order valence-electron chi connectivity index (χ1n) is 8.21. The molecule has 0 aromatic heterocycles. The van der Waals surface area contributed by atoms with E-state index in [0.29, 0.717) is 31.2 Å². The Morgan fingerprint density at radius 2 is 2.16 bits per heavy atom. The van der Waals surface area contributed by atoms with Crippen LogP contribution in [0.2, 0.25) is 5.02 Å². The minimum Gasteiger partial charge on any atom is -0.379 e. The highest BCUT2D eigenvalue weighted by atomic mass is 35.5. The van der Waals surface area contributed by atoms with Crippen LogP contribution in [0, 0.1) is 0 Å². The molecule has 1 amide bonds. The maximum atomic E-state index is 12.2. The Balaban J connectivity index is 0.00000312. The zero-order valence-corrected chi connectivity index (χ0v) is 16.8. The van der Waals surface area contributed by atoms with Crippen molar-refractivity contribution in [1.82, 2.24) is 10.2 Å². The summed E-state index contributed by atoms with van der Waals surface area (Å²) in [7, 11) is 0. The Labute approximate surface area is 165 Å². The number of nitrogens with zero attached hydrogens (tertiary/aromatic N) is 1. The molecule has 0 aliphatic carbocycles. The van der Waals surface area contributed by atoms with Gasteiger partial charge in [-0.1, -0.05) is 23.7 Å². The van der Waals surface area contributed by atoms with Gasteiger partial charge >= 0.3 is 0 Å². The number of carbonyl (C=O) groups is 1. The van der Waals surface area contributed by atoms with Crippen LogP contribution in [0.5, 0.6) is 0 Å². The fourth-order valence-corrected chi connectivity index (χ4v) is 3.45. The number of nitrogens with two attached hydrogens (primary N) is 1. The summed E-state index contributed by atoms with van der Waals surface area (Å²) < 4.78 is 5.44. The second-order valence-corrected chi connectivity index (χ2v) is 7.27. The molecule has 1 heterocycles. The molecular weight excluding hydrogens is 381 g/mol. The van der Waals surface area contributed by atoms with Crippen molar-refractivity contribution in [2.45, 2.75) is 18.5 Å². The molecule has 0 saturated carbocycles. The SMILES string of the molecule is CSCC[C@H](N)C(=O)NCC(c1cccc(Cl)c1)N1CCOCC1.Cl. The summed E-state index contributed by atoms with van der Waals surface area (Å²) in [4.78, 5) is 14.5. The van der Waals surface area contributed by atoms with E-state index < -0.39 is 6.04 Å². The van der Waals surface area contributed by atoms with Gasteiger partial charge in [-0.05, 0) is 36.1 Å². The number of amides is 1. The molecule has 3 N–H and O–H groups in total. The summed E-state index contributed by atoms with van der Waals surface area (Å²) in [5.41, 5.74) is 7.05. The van der Waals surface area contributed by atoms with Crippen molar-refractivity contribution in [2.24, 2.45) is 5.73 Å². The summed E-state index contributed by atoms with van der Waals surface area (Å²) in [5, 5.41) is 3.71. The molecule has 1 unspecified atom stereocenters. The smallest absolute Gasteiger partial charge is 0.237 e. The fourth-order valence-electron chi connectivity index (χ4n) is 2.77. The number of morpholine rings is 1. The van der Waals surface area contributed by atoms with Crippen LogP contribution in [0.1, 0.15) is 18.0 Å². The molecule has 1 aromatic carbocycles. The van der Waals surface area contributed by atoms with E-state index in [4.69, 9.17) is 22.1 Å². The van der Waals surface area contributed by atoms with Crippen molar-refractivity contribution in [3.63, 3.8) is 0 Å². The van der Waals surface area contributed by atoms with Gasteiger partial charge in [0, 0.05) is 24.7 Å². The van der Waals surface area contributed by atoms with Crippen molar-refractivity contribution in [3.05, 3.63) is 34.9 Å². The monoisotopic (exact) mass is 407 g/mol. The Kier molecular flexibility index (Phi) is 10.8. The Bertz CT molecular complexity index is 530. The van der Waals surface area contributed by atoms with Gasteiger partial charge in [0.2, 0.25) is 5.91 Å². The lowest BCUT2D eigenvalue weighted by atomic mass is 10.0. The fraction of sp³-hybridized carbons (Fsp3) is 0.588. The first-order valence-corrected chi connectivity index (χ1v) is 9.98. The highest BCUT2D eigenvalue weighted by molar-refractivity contribution is 7.98. The largest absolute Gasteiger partial charge is 0.379 e. The van der Waals surface area contributed by atoms with Gasteiger partial charge in [-0.15, -0.1) is 12.4 Å². The number of carbonyl (C=O) groups excluding carboxylic acids is 1. The minimum atomic E-state index is -0.456. The first kappa shape index (κ1) is 22.5. The van der Waals surface area contributed by atoms with Crippen LogP contribution >= 0.6 is 35.8 Å². The molecule has 1 fully saturated rings. The van der Waals surface area contributed by atoms with E-state index in [1.807, 2.05) is 30.5 Å². The number of halogens is 2. The Morgan fingerprint density at radius 3 is 2.80 bits per heavy atom. The third kappa shape index (κ3) is 7.33. The highest BCUT2D eigenvalue weighted by Gasteiger charge is 2.24.